The number of anilines is 8. The molecule has 5 unspecified atom stereocenters. The molecule has 4 saturated carbocycles. The Morgan fingerprint density at radius 1 is 0.396 bits per heavy atom. The maximum atomic E-state index is 14.5. The SMILES string of the molecule is CNc1cc(F)cc2c1Cc1nc(Oc3cnc(C(C)(C)C)nc3)nc(N3CC4(CC[C@H]4N)C3)c1-2.CNc1cc(F)cc2c1Cc1nc(Oc3cnc(C(C)(C)C)nc3)nc(N3CC4C[C@@H](N)C4C3)c1-2.CNc1cc(F)cc2c1Cc1nc(Oc3cnc(C(C)(C)O)nc3)nc(N3CC4CC3CC4N)c1-2.CNc1cc(F)cc2c1Cc1nc(Oc3cnc(C(C)C)nc3)nc(N3CC4(CC[C@H]4N)C3)c1-2. The van der Waals surface area contributed by atoms with Crippen molar-refractivity contribution in [2.24, 2.45) is 51.5 Å². The van der Waals surface area contributed by atoms with E-state index in [1.807, 2.05) is 13.8 Å². The summed E-state index contributed by atoms with van der Waals surface area (Å²) >= 11 is 0. The molecule has 0 amide bonds. The molecule has 8 aliphatic carbocycles. The molecular weight excluding hydrogens is 1770 g/mol. The highest BCUT2D eigenvalue weighted by Crippen LogP contribution is 2.57. The van der Waals surface area contributed by atoms with E-state index < -0.39 is 5.60 Å². The third kappa shape index (κ3) is 16.9. The fourth-order valence-corrected chi connectivity index (χ4v) is 22.0. The quantitative estimate of drug-likeness (QED) is 0.0360. The molecule has 13 N–H and O–H groups in total. The second-order valence-electron chi connectivity index (χ2n) is 42.0. The first-order valence-corrected chi connectivity index (χ1v) is 47.9. The van der Waals surface area contributed by atoms with E-state index in [0.29, 0.717) is 72.3 Å². The number of nitrogens with one attached hydrogen (secondary N) is 4. The smallest absolute Gasteiger partial charge is 0.324 e. The molecule has 12 aliphatic rings. The number of hydrogen-bond acceptors (Lipinski definition) is 33. The predicted octanol–water partition coefficient (Wildman–Crippen LogP) is 14.8. The lowest BCUT2D eigenvalue weighted by molar-refractivity contribution is 0.0558. The summed E-state index contributed by atoms with van der Waals surface area (Å²) in [6, 6.07) is 14.5. The number of nitrogens with two attached hydrogens (primary N) is 4. The van der Waals surface area contributed by atoms with Gasteiger partial charge in [-0.15, -0.1) is 0 Å². The van der Waals surface area contributed by atoms with Crippen LogP contribution in [0, 0.1) is 51.9 Å². The molecule has 4 aromatic carbocycles. The van der Waals surface area contributed by atoms with Crippen molar-refractivity contribution >= 4 is 46.0 Å². The van der Waals surface area contributed by atoms with E-state index in [0.717, 1.165) is 244 Å². The summed E-state index contributed by atoms with van der Waals surface area (Å²) in [6.07, 6.45) is 22.5. The van der Waals surface area contributed by atoms with Crippen molar-refractivity contribution in [2.45, 2.75) is 192 Å². The van der Waals surface area contributed by atoms with Crippen LogP contribution in [-0.4, -0.2) is 189 Å². The van der Waals surface area contributed by atoms with Gasteiger partial charge in [0.25, 0.3) is 0 Å². The van der Waals surface area contributed by atoms with Crippen LogP contribution < -0.4 is 82.7 Å². The zero-order valence-electron chi connectivity index (χ0n) is 80.5. The van der Waals surface area contributed by atoms with Crippen molar-refractivity contribution in [2.75, 3.05) is 115 Å². The number of hydrogen-bond donors (Lipinski definition) is 9. The van der Waals surface area contributed by atoms with Crippen LogP contribution in [0.2, 0.25) is 0 Å². The number of piperidine rings is 1. The van der Waals surface area contributed by atoms with Crippen molar-refractivity contribution < 1.29 is 41.6 Å². The van der Waals surface area contributed by atoms with Gasteiger partial charge in [0.1, 0.15) is 69.6 Å². The molecule has 8 aromatic heterocycles. The van der Waals surface area contributed by atoms with Gasteiger partial charge in [-0.25, -0.2) is 57.4 Å². The van der Waals surface area contributed by atoms with E-state index in [-0.39, 0.29) is 105 Å². The highest BCUT2D eigenvalue weighted by Gasteiger charge is 2.57. The van der Waals surface area contributed by atoms with Crippen molar-refractivity contribution in [1.82, 2.24) is 79.7 Å². The van der Waals surface area contributed by atoms with Gasteiger partial charge in [0.05, 0.1) is 72.4 Å². The maximum Gasteiger partial charge on any atom is 0.324 e. The van der Waals surface area contributed by atoms with Crippen LogP contribution in [0.3, 0.4) is 0 Å². The van der Waals surface area contributed by atoms with Crippen molar-refractivity contribution in [3.05, 3.63) is 190 Å². The lowest BCUT2D eigenvalue weighted by atomic mass is 9.60. The zero-order valence-corrected chi connectivity index (χ0v) is 80.5. The van der Waals surface area contributed by atoms with Gasteiger partial charge in [-0.3, -0.25) is 0 Å². The van der Waals surface area contributed by atoms with Crippen LogP contribution in [0.1, 0.15) is 188 Å². The number of fused-ring (bicyclic) bond motifs is 15. The summed E-state index contributed by atoms with van der Waals surface area (Å²) in [6.45, 7) is 25.6. The highest BCUT2D eigenvalue weighted by atomic mass is 19.1. The molecule has 0 radical (unpaired) electrons. The molecule has 8 fully saturated rings. The fourth-order valence-electron chi connectivity index (χ4n) is 22.0. The number of ether oxygens (including phenoxy) is 4. The van der Waals surface area contributed by atoms with Crippen LogP contribution in [0.4, 0.5) is 63.6 Å². The zero-order chi connectivity index (χ0) is 97.1. The molecule has 139 heavy (non-hydrogen) atoms. The minimum absolute atomic E-state index is 0.155. The average molecular weight is 1890 g/mol. The van der Waals surface area contributed by atoms with Crippen LogP contribution in [0.5, 0.6) is 47.0 Å². The Kier molecular flexibility index (Phi) is 23.1. The molecule has 24 rings (SSSR count). The van der Waals surface area contributed by atoms with Crippen molar-refractivity contribution in [1.29, 1.82) is 0 Å². The Morgan fingerprint density at radius 2 is 0.727 bits per heavy atom. The second-order valence-corrected chi connectivity index (χ2v) is 42.0. The van der Waals surface area contributed by atoms with Gasteiger partial charge in [0, 0.05) is 202 Å². The average Bonchev–Trinajstić information content (AvgIpc) is 1.52. The Balaban J connectivity index is 0.000000110. The normalized spacial score (nSPS) is 20.9. The minimum atomic E-state index is -1.16. The molecule has 4 saturated heterocycles. The topological polar surface area (TPSA) is 429 Å². The van der Waals surface area contributed by atoms with Crippen LogP contribution in [-0.2, 0) is 42.1 Å². The number of rotatable bonds is 18. The molecule has 12 aromatic rings. The van der Waals surface area contributed by atoms with Gasteiger partial charge in [-0.2, -0.15) is 39.9 Å². The molecule has 4 aliphatic heterocycles. The Morgan fingerprint density at radius 3 is 1.01 bits per heavy atom. The fraction of sp³-hybridized carbons (Fsp3) is 0.451. The van der Waals surface area contributed by atoms with Crippen LogP contribution in [0.15, 0.2) is 98.1 Å². The molecule has 8 atom stereocenters. The Hall–Kier alpha value is -13.4. The number of halogens is 4. The van der Waals surface area contributed by atoms with E-state index in [4.69, 9.17) is 81.8 Å². The summed E-state index contributed by atoms with van der Waals surface area (Å²) in [4.78, 5) is 82.2. The van der Waals surface area contributed by atoms with Gasteiger partial charge >= 0.3 is 24.0 Å². The van der Waals surface area contributed by atoms with Gasteiger partial charge < -0.3 is 87.9 Å². The monoisotopic (exact) mass is 1890 g/mol. The lowest BCUT2D eigenvalue weighted by Gasteiger charge is -2.60. The molecule has 12 heterocycles. The first-order valence-electron chi connectivity index (χ1n) is 47.9. The summed E-state index contributed by atoms with van der Waals surface area (Å²) in [5, 5.41) is 22.6. The number of aliphatic hydroxyl groups is 1. The third-order valence-electron chi connectivity index (χ3n) is 29.8. The van der Waals surface area contributed by atoms with Gasteiger partial charge in [-0.1, -0.05) is 55.4 Å². The molecule has 2 spiro atoms. The van der Waals surface area contributed by atoms with Crippen molar-refractivity contribution in [3.8, 4) is 91.5 Å². The van der Waals surface area contributed by atoms with Gasteiger partial charge in [0.2, 0.25) is 0 Å². The van der Waals surface area contributed by atoms with Gasteiger partial charge in [0.15, 0.2) is 28.8 Å². The first-order chi connectivity index (χ1) is 66.4. The maximum absolute atomic E-state index is 14.5. The highest BCUT2D eigenvalue weighted by molar-refractivity contribution is 5.92. The van der Waals surface area contributed by atoms with E-state index in [2.05, 4.69) is 122 Å². The summed E-state index contributed by atoms with van der Waals surface area (Å²) < 4.78 is 82.1. The summed E-state index contributed by atoms with van der Waals surface area (Å²) in [5.41, 5.74) is 41.3. The summed E-state index contributed by atoms with van der Waals surface area (Å²) in [7, 11) is 7.20. The Labute approximate surface area is 803 Å². The van der Waals surface area contributed by atoms with Crippen molar-refractivity contribution in [3.63, 3.8) is 0 Å². The van der Waals surface area contributed by atoms with E-state index in [1.54, 1.807) is 103 Å². The molecular formula is C102H116F4N28O5. The Bertz CT molecular complexity index is 6810. The standard InChI is InChI=1S/2C26H30FN7O.C25H28FN7O2.C25H28FN7O/c1-26(2,3)24-30-9-15(10-31-24)35-25-32-21-8-16-17(6-14(27)7-20(16)29-4)22(21)23(33-25)34-11-13-5-19(28)18(13)12-34;1-25(2,3)23-30-10-15(11-31-23)35-24-32-19-9-16-17(7-14(27)8-18(16)29-4)21(19)22(33-24)34-12-26(13-34)6-5-20(26)28;1-25(2,34)23-29-9-15(10-30-23)35-24-31-20-8-16-17(5-13(26)6-19(16)28-3)21(20)22(32-24)33-11-12-4-14(33)7-18(12)27;1-13(2)22-29-9-15(10-30-22)34-24-31-19-8-16-17(6-14(26)7-18(16)28-3)21(19)23(32-24)33-11-25(12-33)5-4-20(25)27/h6-7,9-10,13,18-19,29H,5,8,11-12,28H2,1-4H3;7-8,10-11,20,29H,5-6,9,12-13,28H2,1-4H3;5-6,9-10,12,14,18,28,34H,4,7-8,11,27H2,1-3H3;6-7,9-10,13,20,28H,4-5,8,11-12,27H2,1-3H3/t13?,18?,19-;20-;;20-/m11.1/s1. The van der Waals surface area contributed by atoms with E-state index in [9.17, 15) is 22.7 Å². The van der Waals surface area contributed by atoms with Crippen LogP contribution in [0.25, 0.3) is 44.5 Å². The first kappa shape index (κ1) is 92.0. The van der Waals surface area contributed by atoms with E-state index >= 15 is 0 Å². The van der Waals surface area contributed by atoms with Gasteiger partial charge in [-0.05, 0) is 170 Å². The lowest BCUT2D eigenvalue weighted by Crippen LogP contribution is -2.69. The third-order valence-corrected chi connectivity index (χ3v) is 29.8. The number of aromatic nitrogens is 16. The number of nitrogens with zero attached hydrogens (tertiary/aromatic N) is 20. The second kappa shape index (κ2) is 34.9. The van der Waals surface area contributed by atoms with E-state index in [1.165, 1.54) is 36.7 Å². The molecule has 33 nitrogen and oxygen atoms in total. The van der Waals surface area contributed by atoms with Crippen LogP contribution >= 0.6 is 0 Å². The number of benzene rings is 4. The minimum Gasteiger partial charge on any atom is -0.421 e. The predicted molar refractivity (Wildman–Crippen MR) is 522 cm³/mol. The summed E-state index contributed by atoms with van der Waals surface area (Å²) in [5.74, 6) is 7.91. The molecule has 2 bridgehead atoms. The molecule has 722 valence electrons. The largest absolute Gasteiger partial charge is 0.421 e. The molecule has 37 heteroatoms.